The van der Waals surface area contributed by atoms with Crippen LogP contribution < -0.4 is 10.9 Å². The van der Waals surface area contributed by atoms with Crippen molar-refractivity contribution in [2.45, 2.75) is 13.5 Å². The van der Waals surface area contributed by atoms with E-state index in [1.54, 1.807) is 10.7 Å². The molecule has 0 aliphatic carbocycles. The molecule has 2 N–H and O–H groups in total. The van der Waals surface area contributed by atoms with Crippen molar-refractivity contribution in [3.05, 3.63) is 27.7 Å². The first kappa shape index (κ1) is 12.4. The van der Waals surface area contributed by atoms with Crippen LogP contribution in [0.1, 0.15) is 11.3 Å². The van der Waals surface area contributed by atoms with Crippen molar-refractivity contribution >= 4 is 11.0 Å². The number of aromatic nitrogens is 3. The fourth-order valence-corrected chi connectivity index (χ4v) is 2.80. The van der Waals surface area contributed by atoms with Gasteiger partial charge in [-0.1, -0.05) is 0 Å². The SMILES string of the molecule is Cc1nn(C)c2[nH]c(=O)cc(CN3CCNCC3)c12. The highest BCUT2D eigenvalue weighted by Crippen LogP contribution is 2.20. The zero-order valence-corrected chi connectivity index (χ0v) is 11.4. The van der Waals surface area contributed by atoms with Crippen LogP contribution in [0.2, 0.25) is 0 Å². The summed E-state index contributed by atoms with van der Waals surface area (Å²) in [6.07, 6.45) is 0. The first-order valence-electron chi connectivity index (χ1n) is 6.64. The lowest BCUT2D eigenvalue weighted by atomic mass is 10.1. The maximum Gasteiger partial charge on any atom is 0.249 e. The van der Waals surface area contributed by atoms with Gasteiger partial charge >= 0.3 is 0 Å². The predicted octanol–water partition coefficient (Wildman–Crippen LogP) is -0.0248. The number of aromatic amines is 1. The Hall–Kier alpha value is -1.66. The minimum Gasteiger partial charge on any atom is -0.314 e. The minimum atomic E-state index is -0.0550. The van der Waals surface area contributed by atoms with Gasteiger partial charge in [0.25, 0.3) is 0 Å². The summed E-state index contributed by atoms with van der Waals surface area (Å²) in [5, 5.41) is 8.82. The molecule has 3 rings (SSSR count). The molecule has 1 aliphatic rings. The molecule has 2 aromatic rings. The Labute approximate surface area is 111 Å². The summed E-state index contributed by atoms with van der Waals surface area (Å²) in [5.74, 6) is 0. The van der Waals surface area contributed by atoms with E-state index in [2.05, 4.69) is 20.3 Å². The van der Waals surface area contributed by atoms with Crippen LogP contribution in [-0.4, -0.2) is 45.8 Å². The number of nitrogens with one attached hydrogen (secondary N) is 2. The molecule has 3 heterocycles. The summed E-state index contributed by atoms with van der Waals surface area (Å²) < 4.78 is 1.74. The van der Waals surface area contributed by atoms with Crippen LogP contribution in [-0.2, 0) is 13.6 Å². The molecule has 19 heavy (non-hydrogen) atoms. The third-order valence-electron chi connectivity index (χ3n) is 3.69. The highest BCUT2D eigenvalue weighted by atomic mass is 16.1. The van der Waals surface area contributed by atoms with Gasteiger partial charge in [0.05, 0.1) is 5.69 Å². The van der Waals surface area contributed by atoms with Gasteiger partial charge < -0.3 is 10.3 Å². The minimum absolute atomic E-state index is 0.0550. The standard InChI is InChI=1S/C13H19N5O/c1-9-12-10(8-18-5-3-14-4-6-18)7-11(19)15-13(12)17(2)16-9/h7,14H,3-6,8H2,1-2H3,(H,15,19). The second-order valence-electron chi connectivity index (χ2n) is 5.12. The average Bonchev–Trinajstić information content (AvgIpc) is 2.66. The molecule has 0 aromatic carbocycles. The topological polar surface area (TPSA) is 66.0 Å². The maximum absolute atomic E-state index is 11.8. The monoisotopic (exact) mass is 261 g/mol. The predicted molar refractivity (Wildman–Crippen MR) is 74.2 cm³/mol. The first-order valence-corrected chi connectivity index (χ1v) is 6.64. The van der Waals surface area contributed by atoms with Gasteiger partial charge in [0, 0.05) is 51.2 Å². The van der Waals surface area contributed by atoms with E-state index in [1.807, 2.05) is 14.0 Å². The van der Waals surface area contributed by atoms with Crippen molar-refractivity contribution in [2.75, 3.05) is 26.2 Å². The fourth-order valence-electron chi connectivity index (χ4n) is 2.80. The van der Waals surface area contributed by atoms with Gasteiger partial charge in [-0.05, 0) is 12.5 Å². The van der Waals surface area contributed by atoms with Gasteiger partial charge in [0.1, 0.15) is 5.65 Å². The van der Waals surface area contributed by atoms with Crippen molar-refractivity contribution in [3.8, 4) is 0 Å². The van der Waals surface area contributed by atoms with E-state index < -0.39 is 0 Å². The van der Waals surface area contributed by atoms with E-state index in [9.17, 15) is 4.79 Å². The van der Waals surface area contributed by atoms with Crippen molar-refractivity contribution in [2.24, 2.45) is 7.05 Å². The lowest BCUT2D eigenvalue weighted by Crippen LogP contribution is -2.43. The van der Waals surface area contributed by atoms with E-state index in [-0.39, 0.29) is 5.56 Å². The zero-order chi connectivity index (χ0) is 13.4. The quantitative estimate of drug-likeness (QED) is 0.797. The normalized spacial score (nSPS) is 17.2. The number of aryl methyl sites for hydroxylation is 2. The Morgan fingerprint density at radius 2 is 2.11 bits per heavy atom. The van der Waals surface area contributed by atoms with Crippen LogP contribution in [0.15, 0.2) is 10.9 Å². The second kappa shape index (κ2) is 4.79. The molecule has 0 radical (unpaired) electrons. The van der Waals surface area contributed by atoms with E-state index in [1.165, 1.54) is 0 Å². The molecule has 1 saturated heterocycles. The summed E-state index contributed by atoms with van der Waals surface area (Å²) in [4.78, 5) is 17.0. The van der Waals surface area contributed by atoms with Gasteiger partial charge in [-0.3, -0.25) is 14.4 Å². The Kier molecular flexibility index (Phi) is 3.12. The zero-order valence-electron chi connectivity index (χ0n) is 11.4. The number of hydrogen-bond donors (Lipinski definition) is 2. The maximum atomic E-state index is 11.8. The molecule has 1 fully saturated rings. The Morgan fingerprint density at radius 1 is 1.37 bits per heavy atom. The smallest absolute Gasteiger partial charge is 0.249 e. The van der Waals surface area contributed by atoms with Gasteiger partial charge in [0.2, 0.25) is 5.56 Å². The van der Waals surface area contributed by atoms with Crippen LogP contribution in [0.3, 0.4) is 0 Å². The van der Waals surface area contributed by atoms with Crippen LogP contribution in [0, 0.1) is 6.92 Å². The van der Waals surface area contributed by atoms with Crippen molar-refractivity contribution in [1.29, 1.82) is 0 Å². The van der Waals surface area contributed by atoms with Crippen LogP contribution in [0.25, 0.3) is 11.0 Å². The molecular formula is C13H19N5O. The number of rotatable bonds is 2. The lowest BCUT2D eigenvalue weighted by molar-refractivity contribution is 0.234. The van der Waals surface area contributed by atoms with Gasteiger partial charge in [-0.2, -0.15) is 5.10 Å². The molecular weight excluding hydrogens is 242 g/mol. The van der Waals surface area contributed by atoms with Gasteiger partial charge in [-0.25, -0.2) is 0 Å². The molecule has 2 aromatic heterocycles. The lowest BCUT2D eigenvalue weighted by Gasteiger charge is -2.27. The molecule has 6 heteroatoms. The van der Waals surface area contributed by atoms with Crippen LogP contribution in [0.5, 0.6) is 0 Å². The number of fused-ring (bicyclic) bond motifs is 1. The highest BCUT2D eigenvalue weighted by molar-refractivity contribution is 5.81. The van der Waals surface area contributed by atoms with Crippen molar-refractivity contribution < 1.29 is 0 Å². The van der Waals surface area contributed by atoms with Crippen molar-refractivity contribution in [1.82, 2.24) is 25.0 Å². The number of nitrogens with zero attached hydrogens (tertiary/aromatic N) is 3. The average molecular weight is 261 g/mol. The van der Waals surface area contributed by atoms with Crippen LogP contribution in [0.4, 0.5) is 0 Å². The van der Waals surface area contributed by atoms with E-state index >= 15 is 0 Å². The largest absolute Gasteiger partial charge is 0.314 e. The molecule has 1 aliphatic heterocycles. The number of hydrogen-bond acceptors (Lipinski definition) is 4. The summed E-state index contributed by atoms with van der Waals surface area (Å²) in [6, 6.07) is 1.71. The second-order valence-corrected chi connectivity index (χ2v) is 5.12. The number of pyridine rings is 1. The van der Waals surface area contributed by atoms with E-state index in [4.69, 9.17) is 0 Å². The summed E-state index contributed by atoms with van der Waals surface area (Å²) in [6.45, 7) is 6.87. The van der Waals surface area contributed by atoms with Crippen molar-refractivity contribution in [3.63, 3.8) is 0 Å². The molecule has 6 nitrogen and oxygen atoms in total. The third kappa shape index (κ3) is 2.29. The number of H-pyrrole nitrogens is 1. The fraction of sp³-hybridized carbons (Fsp3) is 0.538. The third-order valence-corrected chi connectivity index (χ3v) is 3.69. The summed E-state index contributed by atoms with van der Waals surface area (Å²) in [5.41, 5.74) is 2.81. The molecule has 0 amide bonds. The van der Waals surface area contributed by atoms with Gasteiger partial charge in [-0.15, -0.1) is 0 Å². The highest BCUT2D eigenvalue weighted by Gasteiger charge is 2.15. The van der Waals surface area contributed by atoms with Gasteiger partial charge in [0.15, 0.2) is 0 Å². The Bertz CT molecular complexity index is 651. The molecule has 0 saturated carbocycles. The van der Waals surface area contributed by atoms with E-state index in [0.29, 0.717) is 0 Å². The van der Waals surface area contributed by atoms with E-state index in [0.717, 1.165) is 55.0 Å². The summed E-state index contributed by atoms with van der Waals surface area (Å²) in [7, 11) is 1.86. The molecule has 102 valence electrons. The molecule has 0 spiro atoms. The molecule has 0 bridgehead atoms. The summed E-state index contributed by atoms with van der Waals surface area (Å²) >= 11 is 0. The Balaban J connectivity index is 2.04. The molecule has 0 unspecified atom stereocenters. The number of piperazine rings is 1. The van der Waals surface area contributed by atoms with Crippen LogP contribution >= 0.6 is 0 Å². The Morgan fingerprint density at radius 3 is 2.84 bits per heavy atom. The first-order chi connectivity index (χ1) is 9.15. The molecule has 0 atom stereocenters.